The number of carbonyl (C=O) groups is 4. The Balaban J connectivity index is 2.94. The van der Waals surface area contributed by atoms with Crippen molar-refractivity contribution in [3.05, 3.63) is 18.2 Å². The molecule has 0 aliphatic carbocycles. The van der Waals surface area contributed by atoms with Crippen LogP contribution >= 0.6 is 0 Å². The Hall–Kier alpha value is -2.99. The lowest BCUT2D eigenvalue weighted by Gasteiger charge is -2.28. The zero-order valence-corrected chi connectivity index (χ0v) is 21.8. The van der Waals surface area contributed by atoms with Crippen molar-refractivity contribution in [2.24, 2.45) is 23.3 Å². The highest BCUT2D eigenvalue weighted by Crippen LogP contribution is 2.12. The topological polar surface area (TPSA) is 205 Å². The number of H-pyrrole nitrogens is 1. The maximum Gasteiger partial charge on any atom is 0.326 e. The van der Waals surface area contributed by atoms with E-state index < -0.39 is 47.9 Å². The highest BCUT2D eigenvalue weighted by Gasteiger charge is 2.32. The quantitative estimate of drug-likeness (QED) is 0.142. The fourth-order valence-electron chi connectivity index (χ4n) is 3.68. The maximum absolute atomic E-state index is 13.3. The first-order valence-electron chi connectivity index (χ1n) is 12.6. The highest BCUT2D eigenvalue weighted by atomic mass is 16.4. The summed E-state index contributed by atoms with van der Waals surface area (Å²) in [6, 6.07) is -3.86. The molecular weight excluding hydrogens is 466 g/mol. The van der Waals surface area contributed by atoms with Crippen molar-refractivity contribution in [1.29, 1.82) is 0 Å². The summed E-state index contributed by atoms with van der Waals surface area (Å²) in [5.41, 5.74) is 12.2. The minimum atomic E-state index is -1.15. The van der Waals surface area contributed by atoms with Gasteiger partial charge in [-0.1, -0.05) is 34.1 Å². The second-order valence-electron chi connectivity index (χ2n) is 9.63. The smallest absolute Gasteiger partial charge is 0.326 e. The molecule has 1 rings (SSSR count). The van der Waals surface area contributed by atoms with Gasteiger partial charge in [-0.3, -0.25) is 14.4 Å². The molecule has 1 heterocycles. The molecule has 5 unspecified atom stereocenters. The zero-order chi connectivity index (χ0) is 27.3. The van der Waals surface area contributed by atoms with Crippen LogP contribution in [0.2, 0.25) is 0 Å². The van der Waals surface area contributed by atoms with Gasteiger partial charge in [-0.25, -0.2) is 9.78 Å². The Bertz CT molecular complexity index is 831. The molecule has 0 aliphatic heterocycles. The van der Waals surface area contributed by atoms with Crippen molar-refractivity contribution < 1.29 is 24.3 Å². The van der Waals surface area contributed by atoms with Crippen LogP contribution in [0.15, 0.2) is 12.5 Å². The van der Waals surface area contributed by atoms with Crippen molar-refractivity contribution in [2.45, 2.75) is 90.4 Å². The fourth-order valence-corrected chi connectivity index (χ4v) is 3.68. The van der Waals surface area contributed by atoms with E-state index in [1.165, 1.54) is 6.33 Å². The molecule has 0 saturated heterocycles. The van der Waals surface area contributed by atoms with Gasteiger partial charge in [-0.05, 0) is 44.1 Å². The molecule has 36 heavy (non-hydrogen) atoms. The first-order chi connectivity index (χ1) is 17.0. The summed E-state index contributed by atoms with van der Waals surface area (Å²) < 4.78 is 0. The number of aromatic amines is 1. The molecule has 0 saturated carbocycles. The van der Waals surface area contributed by atoms with Gasteiger partial charge in [-0.15, -0.1) is 0 Å². The maximum atomic E-state index is 13.3. The Labute approximate surface area is 212 Å². The molecule has 12 heteroatoms. The molecule has 0 aliphatic rings. The lowest BCUT2D eigenvalue weighted by Crippen LogP contribution is -2.59. The van der Waals surface area contributed by atoms with Crippen LogP contribution in [0.5, 0.6) is 0 Å². The number of carbonyl (C=O) groups excluding carboxylic acids is 3. The number of carboxylic acid groups (broad SMARTS) is 1. The van der Waals surface area contributed by atoms with Gasteiger partial charge in [-0.2, -0.15) is 0 Å². The van der Waals surface area contributed by atoms with Crippen LogP contribution in [0, 0.1) is 11.8 Å². The summed E-state index contributed by atoms with van der Waals surface area (Å²) in [5.74, 6) is -2.95. The SMILES string of the molecule is CCC(C)C(NC(=O)C(N)Cc1cnc[nH]1)C(=O)NC(CC(C)C)C(=O)NC(CCCCN)C(=O)O. The minimum absolute atomic E-state index is 0.0426. The van der Waals surface area contributed by atoms with Crippen molar-refractivity contribution in [1.82, 2.24) is 25.9 Å². The minimum Gasteiger partial charge on any atom is -0.480 e. The van der Waals surface area contributed by atoms with E-state index in [1.54, 1.807) is 6.20 Å². The molecule has 1 aromatic heterocycles. The third-order valence-corrected chi connectivity index (χ3v) is 6.03. The average molecular weight is 510 g/mol. The van der Waals surface area contributed by atoms with Gasteiger partial charge in [0.05, 0.1) is 12.4 Å². The van der Waals surface area contributed by atoms with Crippen LogP contribution in [0.1, 0.15) is 65.5 Å². The van der Waals surface area contributed by atoms with Crippen molar-refractivity contribution in [3.63, 3.8) is 0 Å². The first kappa shape index (κ1) is 31.0. The molecule has 0 fully saturated rings. The molecular formula is C24H43N7O5. The third-order valence-electron chi connectivity index (χ3n) is 6.03. The van der Waals surface area contributed by atoms with Gasteiger partial charge in [0.1, 0.15) is 18.1 Å². The number of hydrogen-bond acceptors (Lipinski definition) is 7. The number of nitrogens with one attached hydrogen (secondary N) is 4. The molecule has 0 aromatic carbocycles. The molecule has 0 radical (unpaired) electrons. The average Bonchev–Trinajstić information content (AvgIpc) is 3.33. The van der Waals surface area contributed by atoms with Gasteiger partial charge in [0.2, 0.25) is 17.7 Å². The summed E-state index contributed by atoms with van der Waals surface area (Å²) in [5, 5.41) is 17.5. The van der Waals surface area contributed by atoms with Crippen LogP contribution in [-0.4, -0.2) is 69.5 Å². The van der Waals surface area contributed by atoms with Crippen LogP contribution in [-0.2, 0) is 25.6 Å². The van der Waals surface area contributed by atoms with Gasteiger partial charge in [0, 0.05) is 18.3 Å². The van der Waals surface area contributed by atoms with Crippen molar-refractivity contribution >= 4 is 23.7 Å². The summed E-state index contributed by atoms with van der Waals surface area (Å²) in [6.07, 6.45) is 5.61. The van der Waals surface area contributed by atoms with Crippen molar-refractivity contribution in [3.8, 4) is 0 Å². The molecule has 5 atom stereocenters. The standard InChI is InChI=1S/C24H43N7O5/c1-5-15(4)20(31-21(32)17(26)11-16-12-27-13-28-16)23(34)30-19(10-14(2)3)22(33)29-18(24(35)36)8-6-7-9-25/h12-15,17-20H,5-11,25-26H2,1-4H3,(H,27,28)(H,29,33)(H,30,34)(H,31,32)(H,35,36). The van der Waals surface area contributed by atoms with E-state index in [0.29, 0.717) is 37.9 Å². The molecule has 0 bridgehead atoms. The number of rotatable bonds is 17. The summed E-state index contributed by atoms with van der Waals surface area (Å²) in [4.78, 5) is 57.4. The lowest BCUT2D eigenvalue weighted by molar-refractivity contribution is -0.142. The van der Waals surface area contributed by atoms with Crippen LogP contribution in [0.4, 0.5) is 0 Å². The summed E-state index contributed by atoms with van der Waals surface area (Å²) in [7, 11) is 0. The van der Waals surface area contributed by atoms with E-state index >= 15 is 0 Å². The monoisotopic (exact) mass is 509 g/mol. The number of amides is 3. The zero-order valence-electron chi connectivity index (χ0n) is 21.8. The van der Waals surface area contributed by atoms with Crippen LogP contribution < -0.4 is 27.4 Å². The van der Waals surface area contributed by atoms with Crippen LogP contribution in [0.3, 0.4) is 0 Å². The number of aliphatic carboxylic acids is 1. The fraction of sp³-hybridized carbons (Fsp3) is 0.708. The van der Waals surface area contributed by atoms with E-state index in [9.17, 15) is 24.3 Å². The second-order valence-corrected chi connectivity index (χ2v) is 9.63. The first-order valence-corrected chi connectivity index (χ1v) is 12.6. The molecule has 12 nitrogen and oxygen atoms in total. The number of aromatic nitrogens is 2. The molecule has 0 spiro atoms. The molecule has 1 aromatic rings. The molecule has 3 amide bonds. The van der Waals surface area contributed by atoms with Gasteiger partial charge in [0.15, 0.2) is 0 Å². The van der Waals surface area contributed by atoms with E-state index in [1.807, 2.05) is 27.7 Å². The summed E-state index contributed by atoms with van der Waals surface area (Å²) >= 11 is 0. The number of carboxylic acids is 1. The van der Waals surface area contributed by atoms with Gasteiger partial charge in [0.25, 0.3) is 0 Å². The van der Waals surface area contributed by atoms with E-state index in [-0.39, 0.29) is 24.7 Å². The number of imidazole rings is 1. The Kier molecular flexibility index (Phi) is 13.7. The van der Waals surface area contributed by atoms with Crippen molar-refractivity contribution in [2.75, 3.05) is 6.54 Å². The number of hydrogen-bond donors (Lipinski definition) is 7. The van der Waals surface area contributed by atoms with E-state index in [4.69, 9.17) is 11.5 Å². The number of unbranched alkanes of at least 4 members (excludes halogenated alkanes) is 1. The Morgan fingerprint density at radius 3 is 2.22 bits per heavy atom. The normalized spacial score (nSPS) is 15.4. The summed E-state index contributed by atoms with van der Waals surface area (Å²) in [6.45, 7) is 7.93. The second kappa shape index (κ2) is 15.9. The molecule has 204 valence electrons. The predicted octanol–water partition coefficient (Wildman–Crippen LogP) is 0.0397. The Morgan fingerprint density at radius 1 is 1.03 bits per heavy atom. The van der Waals surface area contributed by atoms with Gasteiger partial charge >= 0.3 is 5.97 Å². The van der Waals surface area contributed by atoms with E-state index in [0.717, 1.165) is 0 Å². The molecule has 9 N–H and O–H groups in total. The largest absolute Gasteiger partial charge is 0.480 e. The Morgan fingerprint density at radius 2 is 1.69 bits per heavy atom. The predicted molar refractivity (Wildman–Crippen MR) is 136 cm³/mol. The van der Waals surface area contributed by atoms with Crippen LogP contribution in [0.25, 0.3) is 0 Å². The van der Waals surface area contributed by atoms with E-state index in [2.05, 4.69) is 25.9 Å². The number of nitrogens with zero attached hydrogens (tertiary/aromatic N) is 1. The third kappa shape index (κ3) is 10.7. The lowest BCUT2D eigenvalue weighted by atomic mass is 9.96. The van der Waals surface area contributed by atoms with Gasteiger partial charge < -0.3 is 37.5 Å². The highest BCUT2D eigenvalue weighted by molar-refractivity contribution is 5.94. The number of nitrogens with two attached hydrogens (primary N) is 2.